The molecule has 1 aliphatic rings. The summed E-state index contributed by atoms with van der Waals surface area (Å²) < 4.78 is 2.24. The van der Waals surface area contributed by atoms with Gasteiger partial charge in [-0.25, -0.2) is 0 Å². The van der Waals surface area contributed by atoms with Crippen molar-refractivity contribution >= 4 is 16.8 Å². The summed E-state index contributed by atoms with van der Waals surface area (Å²) in [6, 6.07) is 10.6. The number of fused-ring (bicyclic) bond motifs is 1. The van der Waals surface area contributed by atoms with Crippen LogP contribution in [0.2, 0.25) is 0 Å². The number of carbonyl (C=O) groups is 1. The third-order valence-corrected chi connectivity index (χ3v) is 4.78. The van der Waals surface area contributed by atoms with Crippen molar-refractivity contribution in [3.05, 3.63) is 36.0 Å². The van der Waals surface area contributed by atoms with E-state index in [0.717, 1.165) is 19.4 Å². The predicted molar refractivity (Wildman–Crippen MR) is 94.5 cm³/mol. The zero-order valence-electron chi connectivity index (χ0n) is 14.3. The molecule has 1 aromatic carbocycles. The molecule has 1 unspecified atom stereocenters. The number of aromatic nitrogens is 1. The molecule has 1 saturated heterocycles. The molecule has 5 heteroatoms. The molecule has 2 atom stereocenters. The maximum atomic E-state index is 12.3. The summed E-state index contributed by atoms with van der Waals surface area (Å²) in [7, 11) is 0. The Labute approximate surface area is 142 Å². The first kappa shape index (κ1) is 16.5. The second-order valence-corrected chi connectivity index (χ2v) is 6.64. The summed E-state index contributed by atoms with van der Waals surface area (Å²) in [5.74, 6) is 0.0273. The van der Waals surface area contributed by atoms with E-state index in [1.165, 1.54) is 16.5 Å². The number of carbonyl (C=O) groups excluding carboxylic acids is 1. The van der Waals surface area contributed by atoms with Crippen LogP contribution in [0.15, 0.2) is 30.5 Å². The van der Waals surface area contributed by atoms with E-state index in [2.05, 4.69) is 60.3 Å². The summed E-state index contributed by atoms with van der Waals surface area (Å²) in [5.41, 5.74) is 2.51. The fourth-order valence-corrected chi connectivity index (χ4v) is 3.53. The first-order valence-electron chi connectivity index (χ1n) is 8.57. The molecule has 2 aromatic rings. The number of rotatable bonds is 5. The number of nitrogens with one attached hydrogen (secondary N) is 1. The molecule has 126 valence electrons. The fraction of sp³-hybridized carbons (Fsp3) is 0.474. The average molecular weight is 324 g/mol. The van der Waals surface area contributed by atoms with Gasteiger partial charge < -0.3 is 14.8 Å². The van der Waals surface area contributed by atoms with Gasteiger partial charge in [-0.15, -0.1) is 0 Å². The van der Waals surface area contributed by atoms with Gasteiger partial charge in [-0.3, -0.25) is 4.79 Å². The molecule has 24 heavy (non-hydrogen) atoms. The third-order valence-electron chi connectivity index (χ3n) is 4.78. The van der Waals surface area contributed by atoms with Crippen LogP contribution in [0, 0.1) is 18.3 Å². The quantitative estimate of drug-likeness (QED) is 0.919. The van der Waals surface area contributed by atoms with Gasteiger partial charge in [0.15, 0.2) is 0 Å². The number of likely N-dealkylation sites (tertiary alicyclic amines) is 1. The standard InChI is InChI=1S/C19H24N4O/c1-14-5-3-6-16-8-10-22(19(14)16)13-15(2)21-12-18(24)23-9-4-7-17(23)11-20/h3,5-6,8,10,15,17,21H,4,7,9,12-13H2,1-2H3/t15?,17-/m0/s1. The van der Waals surface area contributed by atoms with Crippen LogP contribution in [0.3, 0.4) is 0 Å². The molecule has 5 nitrogen and oxygen atoms in total. The second-order valence-electron chi connectivity index (χ2n) is 6.64. The Kier molecular flexibility index (Phi) is 4.86. The molecule has 1 aliphatic heterocycles. The van der Waals surface area contributed by atoms with Crippen molar-refractivity contribution in [1.82, 2.24) is 14.8 Å². The molecular formula is C19H24N4O. The number of nitrogens with zero attached hydrogens (tertiary/aromatic N) is 3. The Morgan fingerprint density at radius 2 is 2.29 bits per heavy atom. The Hall–Kier alpha value is -2.32. The highest BCUT2D eigenvalue weighted by molar-refractivity contribution is 5.83. The van der Waals surface area contributed by atoms with Gasteiger partial charge in [-0.2, -0.15) is 5.26 Å². The number of para-hydroxylation sites is 1. The molecule has 1 amide bonds. The van der Waals surface area contributed by atoms with Gasteiger partial charge in [0.25, 0.3) is 0 Å². The van der Waals surface area contributed by atoms with Crippen molar-refractivity contribution in [3.8, 4) is 6.07 Å². The topological polar surface area (TPSA) is 61.1 Å². The van der Waals surface area contributed by atoms with Crippen molar-refractivity contribution in [1.29, 1.82) is 5.26 Å². The SMILES string of the molecule is Cc1cccc2ccn(CC(C)NCC(=O)N3CCC[C@H]3C#N)c12. The van der Waals surface area contributed by atoms with Crippen LogP contribution < -0.4 is 5.32 Å². The number of nitriles is 1. The molecule has 0 radical (unpaired) electrons. The number of benzene rings is 1. The lowest BCUT2D eigenvalue weighted by Crippen LogP contribution is -2.43. The highest BCUT2D eigenvalue weighted by atomic mass is 16.2. The van der Waals surface area contributed by atoms with Crippen molar-refractivity contribution < 1.29 is 4.79 Å². The zero-order chi connectivity index (χ0) is 17.1. The highest BCUT2D eigenvalue weighted by Gasteiger charge is 2.28. The van der Waals surface area contributed by atoms with Gasteiger partial charge in [0.05, 0.1) is 18.1 Å². The van der Waals surface area contributed by atoms with Crippen molar-refractivity contribution in [2.24, 2.45) is 0 Å². The predicted octanol–water partition coefficient (Wildman–Crippen LogP) is 2.44. The molecular weight excluding hydrogens is 300 g/mol. The van der Waals surface area contributed by atoms with Gasteiger partial charge in [0, 0.05) is 25.3 Å². The Balaban J connectivity index is 1.58. The summed E-state index contributed by atoms with van der Waals surface area (Å²) in [5, 5.41) is 13.6. The number of hydrogen-bond acceptors (Lipinski definition) is 3. The molecule has 1 N–H and O–H groups in total. The Bertz CT molecular complexity index is 773. The van der Waals surface area contributed by atoms with Crippen LogP contribution in [-0.2, 0) is 11.3 Å². The minimum Gasteiger partial charge on any atom is -0.346 e. The van der Waals surface area contributed by atoms with Crippen LogP contribution in [0.5, 0.6) is 0 Å². The summed E-state index contributed by atoms with van der Waals surface area (Å²) >= 11 is 0. The molecule has 0 aliphatic carbocycles. The van der Waals surface area contributed by atoms with E-state index in [9.17, 15) is 4.79 Å². The van der Waals surface area contributed by atoms with E-state index < -0.39 is 0 Å². The molecule has 0 spiro atoms. The minimum atomic E-state index is -0.245. The van der Waals surface area contributed by atoms with Gasteiger partial charge >= 0.3 is 0 Å². The number of amides is 1. The monoisotopic (exact) mass is 324 g/mol. The zero-order valence-corrected chi connectivity index (χ0v) is 14.3. The molecule has 2 heterocycles. The lowest BCUT2D eigenvalue weighted by Gasteiger charge is -2.22. The van der Waals surface area contributed by atoms with Crippen molar-refractivity contribution in [2.45, 2.75) is 45.3 Å². The Morgan fingerprint density at radius 1 is 1.46 bits per heavy atom. The van der Waals surface area contributed by atoms with E-state index in [1.807, 2.05) is 0 Å². The van der Waals surface area contributed by atoms with Crippen LogP contribution in [0.1, 0.15) is 25.3 Å². The first-order chi connectivity index (χ1) is 11.6. The third kappa shape index (κ3) is 3.29. The first-order valence-corrected chi connectivity index (χ1v) is 8.57. The largest absolute Gasteiger partial charge is 0.346 e. The fourth-order valence-electron chi connectivity index (χ4n) is 3.53. The molecule has 1 aromatic heterocycles. The number of aryl methyl sites for hydroxylation is 1. The number of hydrogen-bond donors (Lipinski definition) is 1. The normalized spacial score (nSPS) is 18.7. The van der Waals surface area contributed by atoms with E-state index in [1.54, 1.807) is 4.90 Å². The molecule has 3 rings (SSSR count). The molecule has 0 saturated carbocycles. The summed E-state index contributed by atoms with van der Waals surface area (Å²) in [4.78, 5) is 14.0. The van der Waals surface area contributed by atoms with Gasteiger partial charge in [-0.05, 0) is 43.7 Å². The summed E-state index contributed by atoms with van der Waals surface area (Å²) in [6.45, 7) is 6.01. The molecule has 1 fully saturated rings. The smallest absolute Gasteiger partial charge is 0.237 e. The van der Waals surface area contributed by atoms with Crippen LogP contribution in [0.4, 0.5) is 0 Å². The van der Waals surface area contributed by atoms with Gasteiger partial charge in [-0.1, -0.05) is 18.2 Å². The van der Waals surface area contributed by atoms with Gasteiger partial charge in [0.2, 0.25) is 5.91 Å². The average Bonchev–Trinajstić information content (AvgIpc) is 3.20. The van der Waals surface area contributed by atoms with Crippen LogP contribution >= 0.6 is 0 Å². The second kappa shape index (κ2) is 7.06. The molecule has 0 bridgehead atoms. The van der Waals surface area contributed by atoms with Crippen LogP contribution in [-0.4, -0.2) is 40.5 Å². The van der Waals surface area contributed by atoms with E-state index in [-0.39, 0.29) is 24.5 Å². The van der Waals surface area contributed by atoms with E-state index in [4.69, 9.17) is 5.26 Å². The van der Waals surface area contributed by atoms with Crippen molar-refractivity contribution in [2.75, 3.05) is 13.1 Å². The lowest BCUT2D eigenvalue weighted by atomic mass is 10.1. The maximum absolute atomic E-state index is 12.3. The Morgan fingerprint density at radius 3 is 3.08 bits per heavy atom. The van der Waals surface area contributed by atoms with E-state index in [0.29, 0.717) is 6.54 Å². The van der Waals surface area contributed by atoms with Crippen LogP contribution in [0.25, 0.3) is 10.9 Å². The minimum absolute atomic E-state index is 0.0273. The van der Waals surface area contributed by atoms with Gasteiger partial charge in [0.1, 0.15) is 6.04 Å². The lowest BCUT2D eigenvalue weighted by molar-refractivity contribution is -0.130. The highest BCUT2D eigenvalue weighted by Crippen LogP contribution is 2.20. The summed E-state index contributed by atoms with van der Waals surface area (Å²) in [6.07, 6.45) is 3.82. The van der Waals surface area contributed by atoms with Crippen molar-refractivity contribution in [3.63, 3.8) is 0 Å². The maximum Gasteiger partial charge on any atom is 0.237 e. The van der Waals surface area contributed by atoms with E-state index >= 15 is 0 Å².